The van der Waals surface area contributed by atoms with Gasteiger partial charge in [0.1, 0.15) is 0 Å². The summed E-state index contributed by atoms with van der Waals surface area (Å²) in [4.78, 5) is 2.11. The van der Waals surface area contributed by atoms with Crippen LogP contribution in [0.4, 0.5) is 0 Å². The first-order valence-corrected chi connectivity index (χ1v) is 3.40. The van der Waals surface area contributed by atoms with Crippen LogP contribution in [0.1, 0.15) is 12.8 Å². The molecule has 0 saturated carbocycles. The Kier molecular flexibility index (Phi) is 5.61. The zero-order chi connectivity index (χ0) is 6.69. The summed E-state index contributed by atoms with van der Waals surface area (Å²) in [6.07, 6.45) is 2.52. The topological polar surface area (TPSA) is 12.5 Å². The van der Waals surface area contributed by atoms with Crippen molar-refractivity contribution >= 4 is 0 Å². The third-order valence-corrected chi connectivity index (χ3v) is 1.86. The van der Waals surface area contributed by atoms with Crippen molar-refractivity contribution in [1.29, 1.82) is 0 Å². The van der Waals surface area contributed by atoms with Crippen LogP contribution in [0.3, 0.4) is 0 Å². The number of ether oxygens (including phenoxy) is 1. The number of hydrogen-bond acceptors (Lipinski definition) is 2. The van der Waals surface area contributed by atoms with E-state index in [1.54, 1.807) is 7.11 Å². The summed E-state index contributed by atoms with van der Waals surface area (Å²) >= 11 is 0. The smallest absolute Gasteiger partial charge is 0.0594 e. The van der Waals surface area contributed by atoms with E-state index < -0.39 is 0 Å². The summed E-state index contributed by atoms with van der Waals surface area (Å²) in [5.41, 5.74) is 0. The molecule has 3 heteroatoms. The number of methoxy groups -OCH3 is 1. The Hall–Kier alpha value is 0.608. The van der Waals surface area contributed by atoms with Crippen molar-refractivity contribution in [3.05, 3.63) is 7.05 Å². The van der Waals surface area contributed by atoms with Crippen LogP contribution in [0.2, 0.25) is 0 Å². The van der Waals surface area contributed by atoms with Crippen molar-refractivity contribution in [3.63, 3.8) is 0 Å². The summed E-state index contributed by atoms with van der Waals surface area (Å²) in [5.74, 6) is 0. The second-order valence-electron chi connectivity index (χ2n) is 2.56. The molecule has 2 nitrogen and oxygen atoms in total. The molecule has 0 aliphatic carbocycles. The molecule has 0 aromatic rings. The van der Waals surface area contributed by atoms with Crippen molar-refractivity contribution in [2.45, 2.75) is 18.9 Å². The molecule has 1 fully saturated rings. The Morgan fingerprint density at radius 1 is 1.70 bits per heavy atom. The second kappa shape index (κ2) is 5.28. The maximum atomic E-state index is 5.01. The van der Waals surface area contributed by atoms with Gasteiger partial charge >= 0.3 is 0 Å². The third-order valence-electron chi connectivity index (χ3n) is 1.86. The zero-order valence-corrected chi connectivity index (χ0v) is 9.31. The van der Waals surface area contributed by atoms with Crippen LogP contribution in [-0.2, 0) is 25.8 Å². The molecule has 0 aromatic carbocycles. The van der Waals surface area contributed by atoms with Gasteiger partial charge in [0, 0.05) is 34.2 Å². The maximum Gasteiger partial charge on any atom is 0.0594 e. The minimum atomic E-state index is 0. The molecule has 60 valence electrons. The van der Waals surface area contributed by atoms with Gasteiger partial charge < -0.3 is 9.64 Å². The molecule has 0 aromatic heterocycles. The summed E-state index contributed by atoms with van der Waals surface area (Å²) in [5, 5.41) is 0. The van der Waals surface area contributed by atoms with E-state index in [0.29, 0.717) is 6.04 Å². The molecule has 0 amide bonds. The van der Waals surface area contributed by atoms with Crippen LogP contribution >= 0.6 is 0 Å². The fourth-order valence-corrected chi connectivity index (χ4v) is 1.28. The Morgan fingerprint density at radius 3 is 2.80 bits per heavy atom. The molecule has 0 spiro atoms. The maximum absolute atomic E-state index is 5.01. The van der Waals surface area contributed by atoms with Gasteiger partial charge in [-0.15, -0.1) is 0 Å². The van der Waals surface area contributed by atoms with Crippen molar-refractivity contribution in [3.8, 4) is 0 Å². The predicted molar refractivity (Wildman–Crippen MR) is 37.0 cm³/mol. The molecule has 1 unspecified atom stereocenters. The zero-order valence-electron chi connectivity index (χ0n) is 6.38. The summed E-state index contributed by atoms with van der Waals surface area (Å²) in [6.45, 7) is 1.97. The van der Waals surface area contributed by atoms with Crippen molar-refractivity contribution in [2.75, 3.05) is 20.3 Å². The van der Waals surface area contributed by atoms with Gasteiger partial charge in [-0.3, -0.25) is 7.05 Å². The van der Waals surface area contributed by atoms with Crippen LogP contribution in [0.5, 0.6) is 0 Å². The fraction of sp³-hybridized carbons (Fsp3) is 0.857. The van der Waals surface area contributed by atoms with Gasteiger partial charge in [0.05, 0.1) is 6.61 Å². The summed E-state index contributed by atoms with van der Waals surface area (Å²) in [6, 6.07) is 0.579. The van der Waals surface area contributed by atoms with Crippen molar-refractivity contribution in [2.24, 2.45) is 0 Å². The first kappa shape index (κ1) is 10.6. The van der Waals surface area contributed by atoms with Gasteiger partial charge in [0.25, 0.3) is 0 Å². The number of likely N-dealkylation sites (tertiary alicyclic amines) is 1. The van der Waals surface area contributed by atoms with Gasteiger partial charge in [0.15, 0.2) is 0 Å². The Labute approximate surface area is 77.2 Å². The monoisotopic (exact) mass is 312 g/mol. The van der Waals surface area contributed by atoms with E-state index in [2.05, 4.69) is 11.9 Å². The van der Waals surface area contributed by atoms with Crippen LogP contribution in [0, 0.1) is 7.05 Å². The van der Waals surface area contributed by atoms with Crippen molar-refractivity contribution < 1.29 is 25.8 Å². The number of rotatable bonds is 2. The molecule has 1 atom stereocenters. The average Bonchev–Trinajstić information content (AvgIpc) is 2.18. The standard InChI is InChI=1S/C7H14NO.W/c1-8-5-3-4-7(8)6-9-2;/h7H,1,3-6H2,2H3;/q-1;. The SMILES string of the molecule is [CH2-]N1CCCC1COC.[W]. The molecule has 0 N–H and O–H groups in total. The van der Waals surface area contributed by atoms with Crippen LogP contribution in [0.15, 0.2) is 0 Å². The van der Waals surface area contributed by atoms with E-state index in [9.17, 15) is 0 Å². The number of hydrogen-bond donors (Lipinski definition) is 0. The molecule has 1 rings (SSSR count). The van der Waals surface area contributed by atoms with E-state index >= 15 is 0 Å². The van der Waals surface area contributed by atoms with E-state index in [-0.39, 0.29) is 21.1 Å². The minimum Gasteiger partial charge on any atom is -0.455 e. The van der Waals surface area contributed by atoms with E-state index in [1.165, 1.54) is 12.8 Å². The Bertz CT molecular complexity index is 89.7. The molecule has 1 heterocycles. The molecule has 1 aliphatic rings. The van der Waals surface area contributed by atoms with Crippen LogP contribution in [0.25, 0.3) is 0 Å². The molecule has 0 radical (unpaired) electrons. The summed E-state index contributed by atoms with van der Waals surface area (Å²) < 4.78 is 5.01. The normalized spacial score (nSPS) is 26.4. The van der Waals surface area contributed by atoms with E-state index in [4.69, 9.17) is 4.74 Å². The quantitative estimate of drug-likeness (QED) is 0.702. The second-order valence-corrected chi connectivity index (χ2v) is 2.56. The number of nitrogens with zero attached hydrogens (tertiary/aromatic N) is 1. The van der Waals surface area contributed by atoms with Gasteiger partial charge in [0.2, 0.25) is 0 Å². The first-order valence-electron chi connectivity index (χ1n) is 3.40. The van der Waals surface area contributed by atoms with Gasteiger partial charge in [-0.1, -0.05) is 0 Å². The molecule has 1 saturated heterocycles. The minimum absolute atomic E-state index is 0. The predicted octanol–water partition coefficient (Wildman–Crippen LogP) is 0.886. The van der Waals surface area contributed by atoms with Crippen LogP contribution in [-0.4, -0.2) is 31.2 Å². The summed E-state index contributed by atoms with van der Waals surface area (Å²) in [7, 11) is 5.63. The van der Waals surface area contributed by atoms with E-state index in [0.717, 1.165) is 13.2 Å². The molecule has 10 heavy (non-hydrogen) atoms. The largest absolute Gasteiger partial charge is 0.455 e. The van der Waals surface area contributed by atoms with Crippen LogP contribution < -0.4 is 0 Å². The fourth-order valence-electron chi connectivity index (χ4n) is 1.28. The molecule has 0 bridgehead atoms. The van der Waals surface area contributed by atoms with Gasteiger partial charge in [-0.05, 0) is 19.4 Å². The first-order chi connectivity index (χ1) is 4.34. The van der Waals surface area contributed by atoms with Gasteiger partial charge in [-0.25, -0.2) is 0 Å². The molecular weight excluding hydrogens is 298 g/mol. The van der Waals surface area contributed by atoms with Gasteiger partial charge in [-0.2, -0.15) is 0 Å². The molecule has 1 aliphatic heterocycles. The Balaban J connectivity index is 0.000000810. The van der Waals surface area contributed by atoms with E-state index in [1.807, 2.05) is 0 Å². The molecular formula is C7H14NOW-. The third kappa shape index (κ3) is 2.69. The average molecular weight is 312 g/mol. The Morgan fingerprint density at radius 2 is 2.40 bits per heavy atom. The van der Waals surface area contributed by atoms with Crippen molar-refractivity contribution in [1.82, 2.24) is 4.90 Å².